The molecule has 7 heteroatoms. The van der Waals surface area contributed by atoms with Crippen molar-refractivity contribution in [3.8, 4) is 0 Å². The van der Waals surface area contributed by atoms with E-state index >= 15 is 0 Å². The fraction of sp³-hybridized carbons (Fsp3) is 0.500. The highest BCUT2D eigenvalue weighted by Crippen LogP contribution is 2.15. The van der Waals surface area contributed by atoms with Crippen LogP contribution < -0.4 is 10.6 Å². The molecular weight excluding hydrogens is 301 g/mol. The number of carbonyl (C=O) groups is 2. The highest BCUT2D eigenvalue weighted by molar-refractivity contribution is 5.94. The molecule has 3 N–H and O–H groups in total. The summed E-state index contributed by atoms with van der Waals surface area (Å²) < 4.78 is 12.8. The van der Waals surface area contributed by atoms with Crippen LogP contribution in [0, 0.1) is 11.7 Å². The van der Waals surface area contributed by atoms with Crippen molar-refractivity contribution >= 4 is 11.9 Å². The third-order valence-electron chi connectivity index (χ3n) is 3.86. The van der Waals surface area contributed by atoms with Gasteiger partial charge in [-0.3, -0.25) is 4.79 Å². The van der Waals surface area contributed by atoms with E-state index in [1.165, 1.54) is 24.3 Å². The van der Waals surface area contributed by atoms with Gasteiger partial charge in [0.1, 0.15) is 5.82 Å². The monoisotopic (exact) mass is 323 g/mol. The molecule has 6 nitrogen and oxygen atoms in total. The van der Waals surface area contributed by atoms with E-state index in [1.807, 2.05) is 0 Å². The number of halogens is 1. The van der Waals surface area contributed by atoms with Gasteiger partial charge in [-0.2, -0.15) is 0 Å². The number of nitrogens with zero attached hydrogens (tertiary/aromatic N) is 1. The second-order valence-electron chi connectivity index (χ2n) is 5.63. The summed E-state index contributed by atoms with van der Waals surface area (Å²) in [5.41, 5.74) is 0.375. The molecule has 0 bridgehead atoms. The molecule has 2 rings (SSSR count). The minimum atomic E-state index is -0.392. The van der Waals surface area contributed by atoms with Crippen molar-refractivity contribution in [2.75, 3.05) is 32.8 Å². The maximum atomic E-state index is 12.8. The molecule has 1 aliphatic heterocycles. The first-order chi connectivity index (χ1) is 11.1. The van der Waals surface area contributed by atoms with Gasteiger partial charge in [0, 0.05) is 38.3 Å². The quantitative estimate of drug-likeness (QED) is 0.706. The summed E-state index contributed by atoms with van der Waals surface area (Å²) >= 11 is 0. The molecule has 1 aromatic rings. The molecule has 23 heavy (non-hydrogen) atoms. The van der Waals surface area contributed by atoms with Crippen LogP contribution in [0.1, 0.15) is 23.2 Å². The summed E-state index contributed by atoms with van der Waals surface area (Å²) in [4.78, 5) is 25.5. The smallest absolute Gasteiger partial charge is 0.317 e. The first-order valence-electron chi connectivity index (χ1n) is 7.77. The zero-order chi connectivity index (χ0) is 16.7. The Labute approximate surface area is 134 Å². The number of hydrogen-bond acceptors (Lipinski definition) is 3. The largest absolute Gasteiger partial charge is 0.396 e. The molecule has 0 spiro atoms. The number of aliphatic hydroxyl groups is 1. The van der Waals surface area contributed by atoms with Gasteiger partial charge in [-0.25, -0.2) is 9.18 Å². The average Bonchev–Trinajstić information content (AvgIpc) is 2.59. The number of nitrogens with one attached hydrogen (secondary N) is 2. The first kappa shape index (κ1) is 17.2. The molecule has 1 unspecified atom stereocenters. The van der Waals surface area contributed by atoms with E-state index in [-0.39, 0.29) is 24.5 Å². The number of amides is 3. The fourth-order valence-corrected chi connectivity index (χ4v) is 2.56. The van der Waals surface area contributed by atoms with E-state index in [4.69, 9.17) is 5.11 Å². The number of hydrogen-bond donors (Lipinski definition) is 3. The van der Waals surface area contributed by atoms with E-state index in [0.717, 1.165) is 12.8 Å². The SMILES string of the molecule is O=C(NCCNC(=O)N1CCCC(CO)C1)c1ccc(F)cc1. The average molecular weight is 323 g/mol. The Kier molecular flexibility index (Phi) is 6.34. The number of benzene rings is 1. The lowest BCUT2D eigenvalue weighted by molar-refractivity contribution is 0.0952. The van der Waals surface area contributed by atoms with Crippen LogP contribution in [-0.4, -0.2) is 54.7 Å². The van der Waals surface area contributed by atoms with Gasteiger partial charge in [-0.15, -0.1) is 0 Å². The Balaban J connectivity index is 1.67. The van der Waals surface area contributed by atoms with E-state index < -0.39 is 5.82 Å². The van der Waals surface area contributed by atoms with E-state index in [1.54, 1.807) is 4.90 Å². The van der Waals surface area contributed by atoms with Gasteiger partial charge < -0.3 is 20.6 Å². The summed E-state index contributed by atoms with van der Waals surface area (Å²) in [7, 11) is 0. The molecule has 0 radical (unpaired) electrons. The van der Waals surface area contributed by atoms with Crippen LogP contribution in [0.3, 0.4) is 0 Å². The Bertz CT molecular complexity index is 536. The van der Waals surface area contributed by atoms with Gasteiger partial charge in [-0.05, 0) is 43.0 Å². The second kappa shape index (κ2) is 8.47. The Morgan fingerprint density at radius 1 is 1.22 bits per heavy atom. The normalized spacial score (nSPS) is 17.7. The molecule has 0 saturated carbocycles. The third-order valence-corrected chi connectivity index (χ3v) is 3.86. The molecule has 1 heterocycles. The number of carbonyl (C=O) groups excluding carboxylic acids is 2. The molecular formula is C16H22FN3O3. The number of urea groups is 1. The highest BCUT2D eigenvalue weighted by Gasteiger charge is 2.22. The van der Waals surface area contributed by atoms with Crippen LogP contribution in [0.4, 0.5) is 9.18 Å². The maximum Gasteiger partial charge on any atom is 0.317 e. The van der Waals surface area contributed by atoms with Crippen LogP contribution in [0.15, 0.2) is 24.3 Å². The maximum absolute atomic E-state index is 12.8. The predicted molar refractivity (Wildman–Crippen MR) is 83.5 cm³/mol. The van der Waals surface area contributed by atoms with Crippen LogP contribution in [0.5, 0.6) is 0 Å². The Hall–Kier alpha value is -2.15. The van der Waals surface area contributed by atoms with E-state index in [2.05, 4.69) is 10.6 Å². The second-order valence-corrected chi connectivity index (χ2v) is 5.63. The van der Waals surface area contributed by atoms with Gasteiger partial charge in [0.2, 0.25) is 0 Å². The molecule has 1 atom stereocenters. The molecule has 0 aromatic heterocycles. The first-order valence-corrected chi connectivity index (χ1v) is 7.77. The Morgan fingerprint density at radius 3 is 2.61 bits per heavy atom. The lowest BCUT2D eigenvalue weighted by Crippen LogP contribution is -2.47. The minimum absolute atomic E-state index is 0.0947. The zero-order valence-corrected chi connectivity index (χ0v) is 12.9. The van der Waals surface area contributed by atoms with Crippen LogP contribution >= 0.6 is 0 Å². The lowest BCUT2D eigenvalue weighted by atomic mass is 9.99. The number of aliphatic hydroxyl groups excluding tert-OH is 1. The molecule has 0 aliphatic carbocycles. The van der Waals surface area contributed by atoms with Gasteiger partial charge in [0.15, 0.2) is 0 Å². The van der Waals surface area contributed by atoms with Gasteiger partial charge >= 0.3 is 6.03 Å². The van der Waals surface area contributed by atoms with Crippen molar-refractivity contribution in [1.29, 1.82) is 0 Å². The summed E-state index contributed by atoms with van der Waals surface area (Å²) in [6.45, 7) is 1.94. The highest BCUT2D eigenvalue weighted by atomic mass is 19.1. The zero-order valence-electron chi connectivity index (χ0n) is 12.9. The molecule has 1 aromatic carbocycles. The predicted octanol–water partition coefficient (Wildman–Crippen LogP) is 0.969. The van der Waals surface area contributed by atoms with Crippen LogP contribution in [0.2, 0.25) is 0 Å². The van der Waals surface area contributed by atoms with Crippen molar-refractivity contribution in [2.24, 2.45) is 5.92 Å². The molecule has 1 fully saturated rings. The number of piperidine rings is 1. The van der Waals surface area contributed by atoms with Crippen LogP contribution in [-0.2, 0) is 0 Å². The van der Waals surface area contributed by atoms with Crippen LogP contribution in [0.25, 0.3) is 0 Å². The van der Waals surface area contributed by atoms with Crippen molar-refractivity contribution in [3.63, 3.8) is 0 Å². The summed E-state index contributed by atoms with van der Waals surface area (Å²) in [5, 5.41) is 14.6. The lowest BCUT2D eigenvalue weighted by Gasteiger charge is -2.31. The van der Waals surface area contributed by atoms with Crippen molar-refractivity contribution in [3.05, 3.63) is 35.6 Å². The van der Waals surface area contributed by atoms with Crippen molar-refractivity contribution < 1.29 is 19.1 Å². The molecule has 1 saturated heterocycles. The Morgan fingerprint density at radius 2 is 1.91 bits per heavy atom. The van der Waals surface area contributed by atoms with Gasteiger partial charge in [0.05, 0.1) is 0 Å². The van der Waals surface area contributed by atoms with Gasteiger partial charge in [0.25, 0.3) is 5.91 Å². The van der Waals surface area contributed by atoms with Gasteiger partial charge in [-0.1, -0.05) is 0 Å². The van der Waals surface area contributed by atoms with E-state index in [0.29, 0.717) is 31.7 Å². The standard InChI is InChI=1S/C16H22FN3O3/c17-14-5-3-13(4-6-14)15(22)18-7-8-19-16(23)20-9-1-2-12(10-20)11-21/h3-6,12,21H,1-2,7-11H2,(H,18,22)(H,19,23). The summed E-state index contributed by atoms with van der Waals surface area (Å²) in [6, 6.07) is 5.09. The molecule has 126 valence electrons. The number of rotatable bonds is 5. The molecule has 3 amide bonds. The topological polar surface area (TPSA) is 81.7 Å². The summed E-state index contributed by atoms with van der Waals surface area (Å²) in [6.07, 6.45) is 1.83. The molecule has 1 aliphatic rings. The summed E-state index contributed by atoms with van der Waals surface area (Å²) in [5.74, 6) is -0.554. The number of likely N-dealkylation sites (tertiary alicyclic amines) is 1. The van der Waals surface area contributed by atoms with E-state index in [9.17, 15) is 14.0 Å². The third kappa shape index (κ3) is 5.21. The van der Waals surface area contributed by atoms with Crippen molar-refractivity contribution in [1.82, 2.24) is 15.5 Å². The fourth-order valence-electron chi connectivity index (χ4n) is 2.56. The minimum Gasteiger partial charge on any atom is -0.396 e. The van der Waals surface area contributed by atoms with Crippen molar-refractivity contribution in [2.45, 2.75) is 12.8 Å².